The van der Waals surface area contributed by atoms with Crippen LogP contribution in [0.25, 0.3) is 44.7 Å². The number of aryl methyl sites for hydroxylation is 8. The topological polar surface area (TPSA) is 322 Å². The number of carbonyl (C=O) groups is 2. The van der Waals surface area contributed by atoms with Crippen LogP contribution in [0.1, 0.15) is 129 Å². The minimum Gasteiger partial charge on any atom is -0.393 e. The van der Waals surface area contributed by atoms with Crippen molar-refractivity contribution in [1.82, 2.24) is 74.7 Å². The number of ketones is 2. The first-order valence-electron chi connectivity index (χ1n) is 31.4. The van der Waals surface area contributed by atoms with Gasteiger partial charge in [0.15, 0.2) is 44.7 Å². The highest BCUT2D eigenvalue weighted by Crippen LogP contribution is 2.09. The Morgan fingerprint density at radius 3 is 1.16 bits per heavy atom. The second-order valence-corrected chi connectivity index (χ2v) is 19.0. The molecular formula is C53H80N16O12. The van der Waals surface area contributed by atoms with E-state index < -0.39 is 79.2 Å². The van der Waals surface area contributed by atoms with E-state index in [1.807, 2.05) is 0 Å². The summed E-state index contributed by atoms with van der Waals surface area (Å²) in [5.41, 5.74) is -4.22. The summed E-state index contributed by atoms with van der Waals surface area (Å²) in [5, 5.41) is 18.6. The summed E-state index contributed by atoms with van der Waals surface area (Å²) < 4.78 is 104. The van der Waals surface area contributed by atoms with Crippen LogP contribution in [0.3, 0.4) is 0 Å². The summed E-state index contributed by atoms with van der Waals surface area (Å²) in [6.07, 6.45) is -0.0976. The summed E-state index contributed by atoms with van der Waals surface area (Å²) in [6, 6.07) is 0. The minimum atomic E-state index is -2.83. The number of aliphatic hydroxyl groups is 2. The van der Waals surface area contributed by atoms with E-state index in [4.69, 9.17) is 16.4 Å². The third-order valence-electron chi connectivity index (χ3n) is 12.7. The number of aliphatic hydroxyl groups excluding tert-OH is 2. The first-order chi connectivity index (χ1) is 42.4. The molecule has 2 atom stereocenters. The van der Waals surface area contributed by atoms with E-state index in [1.165, 1.54) is 58.9 Å². The number of imidazole rings is 4. The number of hydrogen-bond acceptors (Lipinski definition) is 16. The predicted molar refractivity (Wildman–Crippen MR) is 308 cm³/mol. The van der Waals surface area contributed by atoms with Gasteiger partial charge in [-0.3, -0.25) is 55.7 Å². The van der Waals surface area contributed by atoms with Gasteiger partial charge in [0.1, 0.15) is 14.3 Å². The molecule has 0 aliphatic heterocycles. The van der Waals surface area contributed by atoms with Crippen LogP contribution < -0.4 is 45.0 Å². The van der Waals surface area contributed by atoms with Crippen molar-refractivity contribution in [3.05, 3.63) is 109 Å². The third-order valence-corrected chi connectivity index (χ3v) is 12.7. The van der Waals surface area contributed by atoms with Crippen molar-refractivity contribution < 1.29 is 36.3 Å². The monoisotopic (exact) mass is 1140 g/mol. The van der Waals surface area contributed by atoms with Gasteiger partial charge in [-0.05, 0) is 91.9 Å². The van der Waals surface area contributed by atoms with Gasteiger partial charge < -0.3 is 38.1 Å². The van der Waals surface area contributed by atoms with Gasteiger partial charge >= 0.3 is 22.8 Å². The number of rotatable bonds is 20. The Kier molecular flexibility index (Phi) is 17.4. The van der Waals surface area contributed by atoms with Gasteiger partial charge in [0.2, 0.25) is 0 Å². The lowest BCUT2D eigenvalue weighted by Crippen LogP contribution is -2.39. The molecule has 2 unspecified atom stereocenters. The van der Waals surface area contributed by atoms with Crippen molar-refractivity contribution in [3.8, 4) is 0 Å². The summed E-state index contributed by atoms with van der Waals surface area (Å²) in [6.45, 7) is 0.361. The maximum atomic E-state index is 12.7. The highest BCUT2D eigenvalue weighted by atomic mass is 16.3. The van der Waals surface area contributed by atoms with Gasteiger partial charge in [0, 0.05) is 109 Å². The Hall–Kier alpha value is -8.14. The van der Waals surface area contributed by atoms with Crippen LogP contribution in [0.2, 0.25) is 0 Å². The molecule has 0 saturated carbocycles. The molecule has 8 heterocycles. The van der Waals surface area contributed by atoms with Gasteiger partial charge in [0.05, 0.1) is 37.5 Å². The molecule has 0 amide bonds. The zero-order valence-electron chi connectivity index (χ0n) is 58.3. The fraction of sp³-hybridized carbons (Fsp3) is 0.585. The Labute approximate surface area is 481 Å². The lowest BCUT2D eigenvalue weighted by atomic mass is 10.2. The minimum absolute atomic E-state index is 0. The van der Waals surface area contributed by atoms with Crippen molar-refractivity contribution in [2.45, 2.75) is 150 Å². The number of carbonyl (C=O) groups excluding carboxylic acids is 2. The maximum Gasteiger partial charge on any atom is 0.332 e. The van der Waals surface area contributed by atoms with Crippen LogP contribution in [0.4, 0.5) is 0 Å². The van der Waals surface area contributed by atoms with Crippen LogP contribution in [0.5, 0.6) is 0 Å². The fourth-order valence-corrected chi connectivity index (χ4v) is 8.41. The molecule has 8 rings (SSSR count). The zero-order chi connectivity index (χ0) is 69.8. The first-order valence-corrected chi connectivity index (χ1v) is 25.4. The molecule has 0 fully saturated rings. The Bertz CT molecular complexity index is 4570. The van der Waals surface area contributed by atoms with Gasteiger partial charge in [-0.15, -0.1) is 0 Å². The van der Waals surface area contributed by atoms with Crippen molar-refractivity contribution in [2.24, 2.45) is 56.2 Å². The lowest BCUT2D eigenvalue weighted by Gasteiger charge is -2.09. The fourth-order valence-electron chi connectivity index (χ4n) is 8.41. The molecule has 28 heteroatoms. The smallest absolute Gasteiger partial charge is 0.332 e. The molecule has 0 aromatic carbocycles. The van der Waals surface area contributed by atoms with E-state index in [0.29, 0.717) is 76.7 Å². The second-order valence-electron chi connectivity index (χ2n) is 19.0. The highest BCUT2D eigenvalue weighted by Gasteiger charge is 2.18. The molecule has 0 radical (unpaired) electrons. The Morgan fingerprint density at radius 2 is 0.827 bits per heavy atom. The van der Waals surface area contributed by atoms with E-state index in [-0.39, 0.29) is 97.4 Å². The quantitative estimate of drug-likeness (QED) is 0.101. The molecule has 0 aliphatic rings. The molecular weight excluding hydrogens is 1050 g/mol. The largest absolute Gasteiger partial charge is 0.393 e. The average molecular weight is 1150 g/mol. The van der Waals surface area contributed by atoms with Crippen LogP contribution in [-0.2, 0) is 92.0 Å². The van der Waals surface area contributed by atoms with Gasteiger partial charge in [-0.2, -0.15) is 0 Å². The van der Waals surface area contributed by atoms with Crippen molar-refractivity contribution in [1.29, 1.82) is 0 Å². The molecule has 8 aromatic rings. The Morgan fingerprint density at radius 1 is 0.494 bits per heavy atom. The molecule has 0 spiro atoms. The van der Waals surface area contributed by atoms with E-state index in [9.17, 15) is 58.2 Å². The number of unbranched alkanes of at least 4 members (excludes halogenated alkanes) is 2. The van der Waals surface area contributed by atoms with Crippen LogP contribution in [0.15, 0.2) is 63.6 Å². The van der Waals surface area contributed by atoms with Crippen LogP contribution in [0, 0.1) is 0 Å². The lowest BCUT2D eigenvalue weighted by molar-refractivity contribution is -0.118. The zero-order valence-corrected chi connectivity index (χ0v) is 46.3. The first kappa shape index (κ1) is 48.7. The number of Topliss-reactive ketones (excluding diaryl/α,β-unsaturated/α-hetero) is 2. The van der Waals surface area contributed by atoms with E-state index in [1.54, 1.807) is 44.2 Å². The van der Waals surface area contributed by atoms with E-state index in [0.717, 1.165) is 31.6 Å². The molecule has 28 nitrogen and oxygen atoms in total. The standard InChI is InChI=1S/2C13H20N4O3.2C13H18N4O3.CH4/c4*1-9(18)6-4-5-7-17-12(19)10-11(14-8-15(10)2)16(3)13(17)20;/h2*8-9,18H,4-7H2,1-3H3;2*8H,4-7H2,1-3H3;1H4/i2D3,6D2,8D;;2D3,6D2,8D;;. The van der Waals surface area contributed by atoms with Gasteiger partial charge in [-0.25, -0.2) is 39.1 Å². The maximum absolute atomic E-state index is 12.7. The summed E-state index contributed by atoms with van der Waals surface area (Å²) in [7, 11) is 9.28. The van der Waals surface area contributed by atoms with Gasteiger partial charge in [0.25, 0.3) is 22.2 Å². The Balaban J connectivity index is 0.000000265. The molecule has 0 bridgehead atoms. The second kappa shape index (κ2) is 28.8. The summed E-state index contributed by atoms with van der Waals surface area (Å²) >= 11 is 0. The molecule has 2 N–H and O–H groups in total. The van der Waals surface area contributed by atoms with Gasteiger partial charge in [-0.1, -0.05) is 7.43 Å². The van der Waals surface area contributed by atoms with Crippen LogP contribution >= 0.6 is 0 Å². The van der Waals surface area contributed by atoms with Crippen LogP contribution in [-0.4, -0.2) is 109 Å². The van der Waals surface area contributed by atoms with Crippen molar-refractivity contribution >= 4 is 56.2 Å². The number of aromatic nitrogens is 16. The highest BCUT2D eigenvalue weighted by molar-refractivity contribution is 5.76. The molecule has 0 aliphatic carbocycles. The summed E-state index contributed by atoms with van der Waals surface area (Å²) in [4.78, 5) is 137. The molecule has 0 saturated heterocycles. The van der Waals surface area contributed by atoms with E-state index in [2.05, 4.69) is 19.9 Å². The molecule has 8 aromatic heterocycles. The normalized spacial score (nSPS) is 14.8. The number of nitrogens with zero attached hydrogens (tertiary/aromatic N) is 16. The average Bonchev–Trinajstić information content (AvgIpc) is 1.65. The number of hydrogen-bond donors (Lipinski definition) is 2. The third kappa shape index (κ3) is 15.2. The molecule has 81 heavy (non-hydrogen) atoms. The predicted octanol–water partition coefficient (Wildman–Crippen LogP) is 0.992. The summed E-state index contributed by atoms with van der Waals surface area (Å²) in [5.74, 6) is -0.542. The number of fused-ring (bicyclic) bond motifs is 4. The van der Waals surface area contributed by atoms with Crippen molar-refractivity contribution in [2.75, 3.05) is 0 Å². The SMILES string of the molecule is C.CC(=O)CCCCn1c(=O)c2c(ncn2C)n(C)c1=O.CC(O)CCCCn1c(=O)c2c(ncn2C)n(C)c1=O.[2H]c1nc2c(c(=O)n(CCCC([2H])([2H])C(C)=O)c(=O)n2C)n1C([2H])([2H])[2H].[2H]c1nc2c(c(=O)n(CCCC([2H])([2H])C(C)O)c(=O)n2C)n1C([2H])([2H])[2H]. The molecule has 444 valence electrons. The van der Waals surface area contributed by atoms with E-state index >= 15 is 0 Å². The van der Waals surface area contributed by atoms with Crippen molar-refractivity contribution in [3.63, 3.8) is 0 Å².